The van der Waals surface area contributed by atoms with Crippen molar-refractivity contribution in [3.05, 3.63) is 29.8 Å². The minimum absolute atomic E-state index is 0.631. The summed E-state index contributed by atoms with van der Waals surface area (Å²) < 4.78 is 5.15. The van der Waals surface area contributed by atoms with E-state index in [1.807, 2.05) is 12.1 Å². The molecule has 2 heteroatoms. The van der Waals surface area contributed by atoms with E-state index in [1.165, 1.54) is 31.2 Å². The van der Waals surface area contributed by atoms with Crippen LogP contribution < -0.4 is 4.74 Å². The topological polar surface area (TPSA) is 9.23 Å². The number of rotatable bonds is 5. The first-order valence-electron chi connectivity index (χ1n) is 6.05. The van der Waals surface area contributed by atoms with Crippen molar-refractivity contribution in [3.63, 3.8) is 0 Å². The highest BCUT2D eigenvalue weighted by Gasteiger charge is 2.20. The Morgan fingerprint density at radius 2 is 2.00 bits per heavy atom. The van der Waals surface area contributed by atoms with Crippen molar-refractivity contribution >= 4 is 15.9 Å². The van der Waals surface area contributed by atoms with Crippen LogP contribution in [-0.2, 0) is 6.42 Å². The molecule has 0 radical (unpaired) electrons. The van der Waals surface area contributed by atoms with Crippen molar-refractivity contribution < 1.29 is 4.74 Å². The highest BCUT2D eigenvalue weighted by molar-refractivity contribution is 9.09. The highest BCUT2D eigenvalue weighted by atomic mass is 79.9. The molecule has 0 saturated heterocycles. The van der Waals surface area contributed by atoms with Crippen molar-refractivity contribution in [2.24, 2.45) is 5.92 Å². The number of alkyl halides is 1. The Kier molecular flexibility index (Phi) is 4.28. The second-order valence-electron chi connectivity index (χ2n) is 4.68. The largest absolute Gasteiger partial charge is 0.497 e. The highest BCUT2D eigenvalue weighted by Crippen LogP contribution is 2.33. The standard InChI is InChI=1S/C14H19BrO/c1-16-14-7-5-12(6-8-14)10-13(15)9-11-3-2-4-11/h5-8,11,13H,2-4,9-10H2,1H3. The Morgan fingerprint density at radius 1 is 1.31 bits per heavy atom. The third kappa shape index (κ3) is 3.24. The molecule has 1 saturated carbocycles. The van der Waals surface area contributed by atoms with Gasteiger partial charge in [0.25, 0.3) is 0 Å². The van der Waals surface area contributed by atoms with Crippen LogP contribution in [0.25, 0.3) is 0 Å². The maximum absolute atomic E-state index is 5.15. The van der Waals surface area contributed by atoms with Gasteiger partial charge in [-0.25, -0.2) is 0 Å². The van der Waals surface area contributed by atoms with Gasteiger partial charge in [0.2, 0.25) is 0 Å². The van der Waals surface area contributed by atoms with Crippen LogP contribution in [0.2, 0.25) is 0 Å². The molecule has 0 aromatic heterocycles. The van der Waals surface area contributed by atoms with Crippen LogP contribution in [-0.4, -0.2) is 11.9 Å². The second-order valence-corrected chi connectivity index (χ2v) is 5.98. The van der Waals surface area contributed by atoms with Gasteiger partial charge in [0.15, 0.2) is 0 Å². The molecule has 0 amide bonds. The molecule has 1 atom stereocenters. The summed E-state index contributed by atoms with van der Waals surface area (Å²) in [7, 11) is 1.71. The van der Waals surface area contributed by atoms with Gasteiger partial charge in [-0.1, -0.05) is 47.3 Å². The first-order chi connectivity index (χ1) is 7.78. The summed E-state index contributed by atoms with van der Waals surface area (Å²) in [6.07, 6.45) is 6.76. The number of halogens is 1. The Labute approximate surface area is 106 Å². The van der Waals surface area contributed by atoms with Gasteiger partial charge in [0.05, 0.1) is 7.11 Å². The van der Waals surface area contributed by atoms with Crippen LogP contribution in [0.3, 0.4) is 0 Å². The van der Waals surface area contributed by atoms with Crippen LogP contribution in [0.5, 0.6) is 5.75 Å². The average Bonchev–Trinajstić information content (AvgIpc) is 2.25. The van der Waals surface area contributed by atoms with Gasteiger partial charge in [-0.3, -0.25) is 0 Å². The number of hydrogen-bond donors (Lipinski definition) is 0. The molecular formula is C14H19BrO. The lowest BCUT2D eigenvalue weighted by Gasteiger charge is -2.27. The smallest absolute Gasteiger partial charge is 0.118 e. The first-order valence-corrected chi connectivity index (χ1v) is 6.96. The van der Waals surface area contributed by atoms with E-state index >= 15 is 0 Å². The van der Waals surface area contributed by atoms with Gasteiger partial charge in [0, 0.05) is 4.83 Å². The van der Waals surface area contributed by atoms with E-state index < -0.39 is 0 Å². The molecule has 16 heavy (non-hydrogen) atoms. The number of benzene rings is 1. The Bertz CT molecular complexity index is 316. The van der Waals surface area contributed by atoms with Crippen molar-refractivity contribution in [1.29, 1.82) is 0 Å². The van der Waals surface area contributed by atoms with Crippen molar-refractivity contribution in [1.82, 2.24) is 0 Å². The van der Waals surface area contributed by atoms with Crippen molar-refractivity contribution in [2.75, 3.05) is 7.11 Å². The van der Waals surface area contributed by atoms with Crippen molar-refractivity contribution in [2.45, 2.75) is 36.9 Å². The lowest BCUT2D eigenvalue weighted by Crippen LogP contribution is -2.17. The van der Waals surface area contributed by atoms with Crippen LogP contribution in [0.4, 0.5) is 0 Å². The van der Waals surface area contributed by atoms with Crippen LogP contribution >= 0.6 is 15.9 Å². The summed E-state index contributed by atoms with van der Waals surface area (Å²) in [4.78, 5) is 0.631. The van der Waals surface area contributed by atoms with E-state index in [4.69, 9.17) is 4.74 Å². The zero-order chi connectivity index (χ0) is 11.4. The van der Waals surface area contributed by atoms with E-state index in [-0.39, 0.29) is 0 Å². The summed E-state index contributed by atoms with van der Waals surface area (Å²) in [5.74, 6) is 1.91. The van der Waals surface area contributed by atoms with Gasteiger partial charge >= 0.3 is 0 Å². The lowest BCUT2D eigenvalue weighted by molar-refractivity contribution is 0.294. The van der Waals surface area contributed by atoms with E-state index in [1.54, 1.807) is 7.11 Å². The Hall–Kier alpha value is -0.500. The van der Waals surface area contributed by atoms with Crippen LogP contribution in [0, 0.1) is 5.92 Å². The molecule has 1 fully saturated rings. The fourth-order valence-electron chi connectivity index (χ4n) is 2.19. The molecule has 2 rings (SSSR count). The van der Waals surface area contributed by atoms with Gasteiger partial charge in [-0.05, 0) is 36.5 Å². The molecule has 88 valence electrons. The molecule has 1 aliphatic rings. The van der Waals surface area contributed by atoms with E-state index in [2.05, 4.69) is 28.1 Å². The average molecular weight is 283 g/mol. The second kappa shape index (κ2) is 5.72. The summed E-state index contributed by atoms with van der Waals surface area (Å²) in [6, 6.07) is 8.40. The third-order valence-corrected chi connectivity index (χ3v) is 4.13. The molecule has 0 spiro atoms. The Balaban J connectivity index is 1.82. The van der Waals surface area contributed by atoms with Gasteiger partial charge in [-0.2, -0.15) is 0 Å². The molecule has 1 unspecified atom stereocenters. The molecular weight excluding hydrogens is 264 g/mol. The maximum atomic E-state index is 5.15. The van der Waals surface area contributed by atoms with E-state index in [0.717, 1.165) is 18.1 Å². The van der Waals surface area contributed by atoms with Crippen LogP contribution in [0.15, 0.2) is 24.3 Å². The van der Waals surface area contributed by atoms with E-state index in [0.29, 0.717) is 4.83 Å². The summed E-state index contributed by atoms with van der Waals surface area (Å²) >= 11 is 3.79. The maximum Gasteiger partial charge on any atom is 0.118 e. The predicted molar refractivity (Wildman–Crippen MR) is 71.4 cm³/mol. The lowest BCUT2D eigenvalue weighted by atomic mass is 9.81. The molecule has 1 nitrogen and oxygen atoms in total. The third-order valence-electron chi connectivity index (χ3n) is 3.43. The van der Waals surface area contributed by atoms with Crippen LogP contribution in [0.1, 0.15) is 31.2 Å². The zero-order valence-corrected chi connectivity index (χ0v) is 11.4. The molecule has 0 aliphatic heterocycles. The summed E-state index contributed by atoms with van der Waals surface area (Å²) in [6.45, 7) is 0. The van der Waals surface area contributed by atoms with E-state index in [9.17, 15) is 0 Å². The SMILES string of the molecule is COc1ccc(CC(Br)CC2CCC2)cc1. The predicted octanol–water partition coefficient (Wildman–Crippen LogP) is 4.19. The minimum atomic E-state index is 0.631. The molecule has 0 heterocycles. The van der Waals surface area contributed by atoms with Gasteiger partial charge in [-0.15, -0.1) is 0 Å². The first kappa shape index (κ1) is 12.0. The quantitative estimate of drug-likeness (QED) is 0.736. The number of hydrogen-bond acceptors (Lipinski definition) is 1. The summed E-state index contributed by atoms with van der Waals surface area (Å²) in [5, 5.41) is 0. The number of methoxy groups -OCH3 is 1. The minimum Gasteiger partial charge on any atom is -0.497 e. The Morgan fingerprint density at radius 3 is 2.50 bits per heavy atom. The fourth-order valence-corrected chi connectivity index (χ4v) is 3.09. The fraction of sp³-hybridized carbons (Fsp3) is 0.571. The normalized spacial score (nSPS) is 17.9. The molecule has 1 aliphatic carbocycles. The molecule has 1 aromatic rings. The molecule has 0 bridgehead atoms. The van der Waals surface area contributed by atoms with Gasteiger partial charge < -0.3 is 4.74 Å². The monoisotopic (exact) mass is 282 g/mol. The number of ether oxygens (including phenoxy) is 1. The molecule has 0 N–H and O–H groups in total. The zero-order valence-electron chi connectivity index (χ0n) is 9.79. The van der Waals surface area contributed by atoms with Crippen molar-refractivity contribution in [3.8, 4) is 5.75 Å². The summed E-state index contributed by atoms with van der Waals surface area (Å²) in [5.41, 5.74) is 1.39. The molecule has 1 aromatic carbocycles. The van der Waals surface area contributed by atoms with Gasteiger partial charge in [0.1, 0.15) is 5.75 Å².